The number of nitrogens with two attached hydrogens (primary N) is 1. The van der Waals surface area contributed by atoms with Crippen LogP contribution in [-0.4, -0.2) is 88.1 Å². The molecule has 6 heterocycles. The molecular weight excluding hydrogens is 804 g/mol. The van der Waals surface area contributed by atoms with E-state index in [1.807, 2.05) is 60.7 Å². The van der Waals surface area contributed by atoms with Gasteiger partial charge in [-0.2, -0.15) is 0 Å². The Morgan fingerprint density at radius 3 is 1.72 bits per heavy atom. The van der Waals surface area contributed by atoms with Gasteiger partial charge in [0.05, 0.1) is 0 Å². The Bertz CT molecular complexity index is 2330. The van der Waals surface area contributed by atoms with Crippen molar-refractivity contribution in [2.45, 2.75) is 24.9 Å². The average Bonchev–Trinajstić information content (AvgIpc) is 3.87. The normalized spacial score (nSPS) is 15.5. The van der Waals surface area contributed by atoms with Crippen molar-refractivity contribution in [3.63, 3.8) is 0 Å². The first-order chi connectivity index (χ1) is 27.6. The lowest BCUT2D eigenvalue weighted by atomic mass is 10.1. The zero-order chi connectivity index (χ0) is 40.3. The third-order valence-corrected chi connectivity index (χ3v) is 10.5. The molecule has 15 nitrogen and oxygen atoms in total. The second-order valence-corrected chi connectivity index (χ2v) is 14.8. The molecule has 0 radical (unpaired) electrons. The van der Waals surface area contributed by atoms with Gasteiger partial charge in [0.2, 0.25) is 10.9 Å². The molecule has 0 spiro atoms. The van der Waals surface area contributed by atoms with E-state index in [4.69, 9.17) is 20.3 Å². The largest absolute Gasteiger partial charge is 0.488 e. The first kappa shape index (κ1) is 42.9. The molecule has 18 heteroatoms. The Labute approximate surface area is 347 Å². The van der Waals surface area contributed by atoms with Gasteiger partial charge in [0, 0.05) is 61.5 Å². The smallest absolute Gasteiger partial charge is 0.365 e. The number of likely N-dealkylation sites (N-methyl/N-ethyl adjacent to an activating group) is 2. The highest BCUT2D eigenvalue weighted by atomic mass is 35.5. The fourth-order valence-corrected chi connectivity index (χ4v) is 7.21. The van der Waals surface area contributed by atoms with Crippen LogP contribution in [0.2, 0.25) is 0 Å². The number of ether oxygens (including phenoxy) is 2. The van der Waals surface area contributed by atoms with Crippen molar-refractivity contribution >= 4 is 70.4 Å². The number of benzene rings is 2. The molecule has 2 atom stereocenters. The maximum absolute atomic E-state index is 12.7. The van der Waals surface area contributed by atoms with Crippen LogP contribution in [0.1, 0.15) is 40.5 Å². The van der Waals surface area contributed by atoms with Crippen LogP contribution in [0, 0.1) is 0 Å². The highest BCUT2D eigenvalue weighted by molar-refractivity contribution is 7.13. The number of rotatable bonds is 7. The quantitative estimate of drug-likeness (QED) is 0.197. The van der Waals surface area contributed by atoms with Gasteiger partial charge >= 0.3 is 5.97 Å². The lowest BCUT2D eigenvalue weighted by Crippen LogP contribution is -2.49. The maximum Gasteiger partial charge on any atom is 0.365 e. The maximum atomic E-state index is 12.7. The number of carboxylic acids is 1. The molecule has 0 saturated heterocycles. The lowest BCUT2D eigenvalue weighted by Gasteiger charge is -2.19. The first-order valence-corrected chi connectivity index (χ1v) is 19.2. The van der Waals surface area contributed by atoms with E-state index in [1.54, 1.807) is 63.1 Å². The van der Waals surface area contributed by atoms with Crippen molar-refractivity contribution in [3.8, 4) is 11.5 Å². The van der Waals surface area contributed by atoms with Gasteiger partial charge in [-0.25, -0.2) is 24.7 Å². The number of carboxylic acid groups (broad SMARTS) is 1. The van der Waals surface area contributed by atoms with E-state index < -0.39 is 24.0 Å². The molecule has 0 aliphatic carbocycles. The summed E-state index contributed by atoms with van der Waals surface area (Å²) in [6, 6.07) is 25.5. The number of amides is 3. The van der Waals surface area contributed by atoms with Crippen molar-refractivity contribution in [2.24, 2.45) is 5.73 Å². The summed E-state index contributed by atoms with van der Waals surface area (Å²) in [4.78, 5) is 68.6. The van der Waals surface area contributed by atoms with Gasteiger partial charge in [0.25, 0.3) is 11.8 Å². The zero-order valence-electron chi connectivity index (χ0n) is 31.3. The van der Waals surface area contributed by atoms with E-state index in [2.05, 4.69) is 25.3 Å². The molecule has 0 unspecified atom stereocenters. The number of thiazole rings is 2. The minimum atomic E-state index is -0.959. The molecular formula is C40H39ClN8O7S2. The monoisotopic (exact) mass is 842 g/mol. The predicted molar refractivity (Wildman–Crippen MR) is 222 cm³/mol. The van der Waals surface area contributed by atoms with Crippen molar-refractivity contribution in [2.75, 3.05) is 37.1 Å². The summed E-state index contributed by atoms with van der Waals surface area (Å²) in [5.41, 5.74) is 7.92. The summed E-state index contributed by atoms with van der Waals surface area (Å²) in [5, 5.41) is 11.9. The number of aromatic carboxylic acids is 1. The summed E-state index contributed by atoms with van der Waals surface area (Å²) in [6.45, 7) is 0.234. The van der Waals surface area contributed by atoms with E-state index in [-0.39, 0.29) is 42.4 Å². The number of carbonyl (C=O) groups is 4. The van der Waals surface area contributed by atoms with Crippen LogP contribution >= 0.6 is 35.1 Å². The Morgan fingerprint density at radius 2 is 1.21 bits per heavy atom. The van der Waals surface area contributed by atoms with Crippen LogP contribution in [0.25, 0.3) is 0 Å². The lowest BCUT2D eigenvalue weighted by molar-refractivity contribution is -0.121. The number of hydrogen-bond acceptors (Lipinski definition) is 13. The van der Waals surface area contributed by atoms with Crippen LogP contribution < -0.4 is 30.3 Å². The molecule has 2 aromatic carbocycles. The number of nitrogens with one attached hydrogen (secondary N) is 1. The molecule has 4 aromatic heterocycles. The SMILES string of the molecule is CN1C(=O)[C@@H](N)COc2cccnc21.CN1C(=O)[C@@H](NC(=O)c2ncc(Cc3ccccc3)s2)COc2cccnc21.Cl.O=C(O)c1ncc(Cc2ccccc2)s1. The number of anilines is 2. The molecule has 3 amide bonds. The summed E-state index contributed by atoms with van der Waals surface area (Å²) >= 11 is 2.54. The van der Waals surface area contributed by atoms with Gasteiger partial charge in [-0.1, -0.05) is 60.7 Å². The fraction of sp³-hybridized carbons (Fsp3) is 0.200. The number of halogens is 1. The predicted octanol–water partition coefficient (Wildman–Crippen LogP) is 4.90. The third kappa shape index (κ3) is 11.0. The molecule has 58 heavy (non-hydrogen) atoms. The van der Waals surface area contributed by atoms with Gasteiger partial charge in [-0.05, 0) is 35.4 Å². The van der Waals surface area contributed by atoms with E-state index in [9.17, 15) is 19.2 Å². The van der Waals surface area contributed by atoms with Crippen LogP contribution in [0.15, 0.2) is 110 Å². The molecule has 2 aliphatic heterocycles. The van der Waals surface area contributed by atoms with Crippen LogP contribution in [0.3, 0.4) is 0 Å². The minimum absolute atomic E-state index is 0. The number of hydrogen-bond donors (Lipinski definition) is 3. The summed E-state index contributed by atoms with van der Waals surface area (Å²) in [7, 11) is 3.26. The molecule has 0 bridgehead atoms. The number of carbonyl (C=O) groups excluding carboxylic acids is 3. The minimum Gasteiger partial charge on any atom is -0.488 e. The molecule has 6 aromatic rings. The molecule has 0 fully saturated rings. The summed E-state index contributed by atoms with van der Waals surface area (Å²) < 4.78 is 11.0. The Kier molecular flexibility index (Phi) is 15.0. The number of nitrogens with zero attached hydrogens (tertiary/aromatic N) is 6. The topological polar surface area (TPSA) is 203 Å². The van der Waals surface area contributed by atoms with Crippen LogP contribution in [0.5, 0.6) is 11.5 Å². The van der Waals surface area contributed by atoms with E-state index in [0.29, 0.717) is 34.6 Å². The number of aromatic nitrogens is 4. The van der Waals surface area contributed by atoms with Gasteiger partial charge < -0.3 is 25.6 Å². The Morgan fingerprint density at radius 1 is 0.724 bits per heavy atom. The van der Waals surface area contributed by atoms with E-state index in [1.165, 1.54) is 32.5 Å². The van der Waals surface area contributed by atoms with Crippen LogP contribution in [0.4, 0.5) is 11.6 Å². The third-order valence-electron chi connectivity index (χ3n) is 8.47. The molecule has 2 aliphatic rings. The van der Waals surface area contributed by atoms with Gasteiger partial charge in [0.1, 0.15) is 25.3 Å². The number of pyridine rings is 2. The second-order valence-electron chi connectivity index (χ2n) is 12.6. The Balaban J connectivity index is 0.000000180. The highest BCUT2D eigenvalue weighted by Gasteiger charge is 2.32. The first-order valence-electron chi connectivity index (χ1n) is 17.5. The summed E-state index contributed by atoms with van der Waals surface area (Å²) in [6.07, 6.45) is 7.98. The second kappa shape index (κ2) is 20.2. The van der Waals surface area contributed by atoms with Crippen molar-refractivity contribution in [3.05, 3.63) is 141 Å². The van der Waals surface area contributed by atoms with E-state index >= 15 is 0 Å². The van der Waals surface area contributed by atoms with Crippen molar-refractivity contribution < 1.29 is 33.8 Å². The average molecular weight is 843 g/mol. The fourth-order valence-electron chi connectivity index (χ4n) is 5.58. The van der Waals surface area contributed by atoms with Crippen molar-refractivity contribution in [1.29, 1.82) is 0 Å². The molecule has 4 N–H and O–H groups in total. The van der Waals surface area contributed by atoms with Gasteiger partial charge in [-0.3, -0.25) is 24.2 Å². The molecule has 300 valence electrons. The highest BCUT2D eigenvalue weighted by Crippen LogP contribution is 2.28. The standard InChI is InChI=1S/C20H18N4O3S.C11H9NO2S.C9H11N3O2.ClH/c1-24-17-16(8-5-9-21-17)27-12-15(20(24)26)23-18(25)19-22-11-14(28-19)10-13-6-3-2-4-7-13;13-11(14)10-12-7-9(15-10)6-8-4-2-1-3-5-8;1-12-8-7(3-2-4-11-8)14-5-6(10)9(12)13;/h2-9,11,15H,10,12H2,1H3,(H,23,25);1-5,7H,6H2,(H,13,14);2-4,6H,5,10H2,1H3;1H/t15-;;6-;/m0.0./s1. The zero-order valence-corrected chi connectivity index (χ0v) is 33.7. The molecule has 0 saturated carbocycles. The van der Waals surface area contributed by atoms with Gasteiger partial charge in [0.15, 0.2) is 28.1 Å². The Hall–Kier alpha value is -6.27. The van der Waals surface area contributed by atoms with Crippen LogP contribution in [-0.2, 0) is 22.4 Å². The van der Waals surface area contributed by atoms with Gasteiger partial charge in [-0.15, -0.1) is 35.1 Å². The summed E-state index contributed by atoms with van der Waals surface area (Å²) in [5.74, 6) is 0.243. The number of fused-ring (bicyclic) bond motifs is 2. The van der Waals surface area contributed by atoms with E-state index in [0.717, 1.165) is 27.3 Å². The molecule has 8 rings (SSSR count). The van der Waals surface area contributed by atoms with Crippen molar-refractivity contribution in [1.82, 2.24) is 25.3 Å².